The molecule has 0 heterocycles. The van der Waals surface area contributed by atoms with Gasteiger partial charge >= 0.3 is 0 Å². The van der Waals surface area contributed by atoms with E-state index in [0.717, 1.165) is 18.3 Å². The zero-order valence-corrected chi connectivity index (χ0v) is 18.6. The molecule has 2 unspecified atom stereocenters. The molecule has 2 rings (SSSR count). The van der Waals surface area contributed by atoms with Crippen LogP contribution < -0.4 is 4.74 Å². The molecule has 0 saturated heterocycles. The summed E-state index contributed by atoms with van der Waals surface area (Å²) in [5.41, 5.74) is 1.74. The molecule has 0 aromatic heterocycles. The molecular weight excluding hydrogens is 332 g/mol. The standard InChI is InChI=1S/C25H42O2/c1-19(2)24(26-17-16-21-10-8-7-9-11-21)27-23-14-12-22(13-15-23)20(3)18-25(4,5)6/h12-15,19-21,24H,7-11,16-18H2,1-6H3. The normalized spacial score (nSPS) is 18.5. The van der Waals surface area contributed by atoms with Gasteiger partial charge in [-0.25, -0.2) is 0 Å². The Kier molecular flexibility index (Phi) is 8.66. The molecule has 2 heteroatoms. The minimum Gasteiger partial charge on any atom is -0.465 e. The highest BCUT2D eigenvalue weighted by Gasteiger charge is 2.19. The lowest BCUT2D eigenvalue weighted by atomic mass is 9.82. The Labute approximate surface area is 168 Å². The van der Waals surface area contributed by atoms with Crippen LogP contribution in [0, 0.1) is 17.3 Å². The van der Waals surface area contributed by atoms with Crippen LogP contribution in [0.25, 0.3) is 0 Å². The Morgan fingerprint density at radius 2 is 1.59 bits per heavy atom. The fourth-order valence-electron chi connectivity index (χ4n) is 4.23. The number of benzene rings is 1. The molecule has 0 N–H and O–H groups in total. The van der Waals surface area contributed by atoms with E-state index in [1.54, 1.807) is 0 Å². The molecule has 0 amide bonds. The third-order valence-electron chi connectivity index (χ3n) is 5.70. The van der Waals surface area contributed by atoms with Crippen LogP contribution in [-0.4, -0.2) is 12.9 Å². The fourth-order valence-corrected chi connectivity index (χ4v) is 4.23. The molecule has 0 radical (unpaired) electrons. The highest BCUT2D eigenvalue weighted by atomic mass is 16.7. The van der Waals surface area contributed by atoms with Crippen LogP contribution in [0.2, 0.25) is 0 Å². The van der Waals surface area contributed by atoms with Crippen molar-refractivity contribution in [3.8, 4) is 5.75 Å². The van der Waals surface area contributed by atoms with E-state index in [0.29, 0.717) is 17.3 Å². The summed E-state index contributed by atoms with van der Waals surface area (Å²) in [6.45, 7) is 14.4. The maximum atomic E-state index is 6.18. The Bertz CT molecular complexity index is 520. The van der Waals surface area contributed by atoms with E-state index in [-0.39, 0.29) is 6.29 Å². The Balaban J connectivity index is 1.84. The lowest BCUT2D eigenvalue weighted by Gasteiger charge is -2.26. The van der Waals surface area contributed by atoms with E-state index in [2.05, 4.69) is 65.8 Å². The van der Waals surface area contributed by atoms with Crippen molar-refractivity contribution < 1.29 is 9.47 Å². The largest absolute Gasteiger partial charge is 0.465 e. The topological polar surface area (TPSA) is 18.5 Å². The van der Waals surface area contributed by atoms with Gasteiger partial charge in [0.2, 0.25) is 6.29 Å². The van der Waals surface area contributed by atoms with Crippen molar-refractivity contribution in [2.45, 2.75) is 98.7 Å². The van der Waals surface area contributed by atoms with Gasteiger partial charge in [0.1, 0.15) is 5.75 Å². The summed E-state index contributed by atoms with van der Waals surface area (Å²) in [7, 11) is 0. The summed E-state index contributed by atoms with van der Waals surface area (Å²) in [6, 6.07) is 8.64. The molecule has 27 heavy (non-hydrogen) atoms. The second kappa shape index (κ2) is 10.5. The van der Waals surface area contributed by atoms with Gasteiger partial charge in [-0.15, -0.1) is 0 Å². The first-order valence-electron chi connectivity index (χ1n) is 11.1. The van der Waals surface area contributed by atoms with Crippen LogP contribution in [0.4, 0.5) is 0 Å². The van der Waals surface area contributed by atoms with E-state index >= 15 is 0 Å². The van der Waals surface area contributed by atoms with Crippen molar-refractivity contribution >= 4 is 0 Å². The van der Waals surface area contributed by atoms with Gasteiger partial charge < -0.3 is 9.47 Å². The number of hydrogen-bond acceptors (Lipinski definition) is 2. The smallest absolute Gasteiger partial charge is 0.202 e. The molecule has 1 aliphatic rings. The van der Waals surface area contributed by atoms with Gasteiger partial charge in [0, 0.05) is 5.92 Å². The number of hydrogen-bond donors (Lipinski definition) is 0. The molecule has 0 aliphatic heterocycles. The van der Waals surface area contributed by atoms with Crippen LogP contribution in [0.3, 0.4) is 0 Å². The summed E-state index contributed by atoms with van der Waals surface area (Å²) in [4.78, 5) is 0. The van der Waals surface area contributed by atoms with Crippen LogP contribution in [0.1, 0.15) is 98.0 Å². The predicted molar refractivity (Wildman–Crippen MR) is 115 cm³/mol. The van der Waals surface area contributed by atoms with E-state index in [1.165, 1.54) is 50.5 Å². The second-order valence-electron chi connectivity index (χ2n) is 10.1. The van der Waals surface area contributed by atoms with Crippen molar-refractivity contribution in [2.75, 3.05) is 6.61 Å². The highest BCUT2D eigenvalue weighted by molar-refractivity contribution is 5.29. The maximum absolute atomic E-state index is 6.18. The first-order chi connectivity index (χ1) is 12.7. The van der Waals surface area contributed by atoms with Crippen LogP contribution in [-0.2, 0) is 4.74 Å². The molecule has 1 aromatic carbocycles. The molecular formula is C25H42O2. The minimum absolute atomic E-state index is 0.161. The van der Waals surface area contributed by atoms with E-state index in [1.807, 2.05) is 0 Å². The van der Waals surface area contributed by atoms with Crippen molar-refractivity contribution in [3.05, 3.63) is 29.8 Å². The quantitative estimate of drug-likeness (QED) is 0.415. The average molecular weight is 375 g/mol. The Morgan fingerprint density at radius 1 is 0.963 bits per heavy atom. The summed E-state index contributed by atoms with van der Waals surface area (Å²) in [5, 5.41) is 0. The fraction of sp³-hybridized carbons (Fsp3) is 0.760. The monoisotopic (exact) mass is 374 g/mol. The van der Waals surface area contributed by atoms with Gasteiger partial charge in [-0.1, -0.05) is 85.8 Å². The van der Waals surface area contributed by atoms with Gasteiger partial charge in [0.15, 0.2) is 0 Å². The van der Waals surface area contributed by atoms with Gasteiger partial charge in [0.25, 0.3) is 0 Å². The predicted octanol–water partition coefficient (Wildman–Crippen LogP) is 7.57. The lowest BCUT2D eigenvalue weighted by Crippen LogP contribution is -2.27. The van der Waals surface area contributed by atoms with Crippen LogP contribution >= 0.6 is 0 Å². The molecule has 1 fully saturated rings. The third kappa shape index (κ3) is 8.25. The zero-order valence-electron chi connectivity index (χ0n) is 18.6. The molecule has 154 valence electrons. The van der Waals surface area contributed by atoms with Crippen molar-refractivity contribution in [3.63, 3.8) is 0 Å². The van der Waals surface area contributed by atoms with E-state index in [9.17, 15) is 0 Å². The Morgan fingerprint density at radius 3 is 2.15 bits per heavy atom. The van der Waals surface area contributed by atoms with E-state index < -0.39 is 0 Å². The first-order valence-corrected chi connectivity index (χ1v) is 11.1. The maximum Gasteiger partial charge on any atom is 0.202 e. The molecule has 2 nitrogen and oxygen atoms in total. The Hall–Kier alpha value is -1.02. The lowest BCUT2D eigenvalue weighted by molar-refractivity contribution is -0.111. The van der Waals surface area contributed by atoms with Crippen LogP contribution in [0.5, 0.6) is 5.75 Å². The first kappa shape index (κ1) is 22.3. The van der Waals surface area contributed by atoms with Gasteiger partial charge in [-0.2, -0.15) is 0 Å². The summed E-state index contributed by atoms with van der Waals surface area (Å²) < 4.78 is 12.3. The van der Waals surface area contributed by atoms with Crippen LogP contribution in [0.15, 0.2) is 24.3 Å². The molecule has 0 spiro atoms. The zero-order chi connectivity index (χ0) is 19.9. The molecule has 1 saturated carbocycles. The van der Waals surface area contributed by atoms with Gasteiger partial charge in [-0.05, 0) is 47.8 Å². The second-order valence-corrected chi connectivity index (χ2v) is 10.1. The SMILES string of the molecule is CC(CC(C)(C)C)c1ccc(OC(OCCC2CCCCC2)C(C)C)cc1. The van der Waals surface area contributed by atoms with E-state index in [4.69, 9.17) is 9.47 Å². The summed E-state index contributed by atoms with van der Waals surface area (Å²) >= 11 is 0. The number of ether oxygens (including phenoxy) is 2. The summed E-state index contributed by atoms with van der Waals surface area (Å²) in [5.74, 6) is 2.68. The van der Waals surface area contributed by atoms with Gasteiger partial charge in [-0.3, -0.25) is 0 Å². The molecule has 1 aromatic rings. The minimum atomic E-state index is -0.161. The molecule has 1 aliphatic carbocycles. The van der Waals surface area contributed by atoms with Crippen molar-refractivity contribution in [1.82, 2.24) is 0 Å². The van der Waals surface area contributed by atoms with Crippen molar-refractivity contribution in [2.24, 2.45) is 17.3 Å². The molecule has 0 bridgehead atoms. The highest BCUT2D eigenvalue weighted by Crippen LogP contribution is 2.32. The van der Waals surface area contributed by atoms with Gasteiger partial charge in [0.05, 0.1) is 6.61 Å². The molecule has 2 atom stereocenters. The summed E-state index contributed by atoms with van der Waals surface area (Å²) in [6.07, 6.45) is 9.17. The average Bonchev–Trinajstić information content (AvgIpc) is 2.60. The third-order valence-corrected chi connectivity index (χ3v) is 5.70. The number of rotatable bonds is 9. The van der Waals surface area contributed by atoms with Crippen molar-refractivity contribution in [1.29, 1.82) is 0 Å².